The van der Waals surface area contributed by atoms with E-state index in [1.165, 1.54) is 12.1 Å². The monoisotopic (exact) mass is 456 g/mol. The van der Waals surface area contributed by atoms with Gasteiger partial charge in [0.15, 0.2) is 17.3 Å². The van der Waals surface area contributed by atoms with Crippen molar-refractivity contribution in [2.24, 2.45) is 10.9 Å². The Bertz CT molecular complexity index is 1090. The molecule has 3 atom stereocenters. The highest BCUT2D eigenvalue weighted by Gasteiger charge is 2.46. The molecule has 33 heavy (non-hydrogen) atoms. The number of rotatable bonds is 5. The molecule has 3 aliphatic heterocycles. The summed E-state index contributed by atoms with van der Waals surface area (Å²) in [4.78, 5) is 42.4. The van der Waals surface area contributed by atoms with Crippen LogP contribution >= 0.6 is 0 Å². The van der Waals surface area contributed by atoms with Gasteiger partial charge in [0.05, 0.1) is 17.1 Å². The van der Waals surface area contributed by atoms with Crippen molar-refractivity contribution >= 4 is 23.2 Å². The number of benzene rings is 1. The van der Waals surface area contributed by atoms with Crippen molar-refractivity contribution in [1.82, 2.24) is 0 Å². The fraction of sp³-hybridized carbons (Fsp3) is 0.522. The van der Waals surface area contributed by atoms with Gasteiger partial charge in [0.1, 0.15) is 12.5 Å². The zero-order valence-corrected chi connectivity index (χ0v) is 18.2. The lowest BCUT2D eigenvalue weighted by Crippen LogP contribution is -2.38. The van der Waals surface area contributed by atoms with Crippen molar-refractivity contribution in [1.29, 1.82) is 0 Å². The molecule has 10 nitrogen and oxygen atoms in total. The second-order valence-corrected chi connectivity index (χ2v) is 8.63. The van der Waals surface area contributed by atoms with E-state index in [0.29, 0.717) is 48.6 Å². The summed E-state index contributed by atoms with van der Waals surface area (Å²) in [6.07, 6.45) is 3.07. The summed E-state index contributed by atoms with van der Waals surface area (Å²) >= 11 is 0. The van der Waals surface area contributed by atoms with E-state index >= 15 is 0 Å². The summed E-state index contributed by atoms with van der Waals surface area (Å²) in [5.41, 5.74) is 1.40. The van der Waals surface area contributed by atoms with Crippen LogP contribution in [0, 0.1) is 16.0 Å². The Kier molecular flexibility index (Phi) is 5.61. The SMILES string of the molecule is CC1=NC2=C(C(=O)CCC2)[C@@H](c2cc3c(cc2[N+](=O)[O-])OCO3)C1C(=O)OC[C@H]1CCCO1. The first-order valence-corrected chi connectivity index (χ1v) is 11.1. The number of aliphatic imine (C=N–C) groups is 1. The van der Waals surface area contributed by atoms with Crippen LogP contribution in [0.5, 0.6) is 11.5 Å². The van der Waals surface area contributed by atoms with Crippen LogP contribution in [0.15, 0.2) is 28.4 Å². The maximum absolute atomic E-state index is 13.3. The second kappa shape index (κ2) is 8.58. The first-order chi connectivity index (χ1) is 15.9. The smallest absolute Gasteiger partial charge is 0.315 e. The number of allylic oxidation sites excluding steroid dienone is 2. The van der Waals surface area contributed by atoms with E-state index in [1.807, 2.05) is 0 Å². The minimum atomic E-state index is -0.966. The fourth-order valence-electron chi connectivity index (χ4n) is 5.04. The lowest BCUT2D eigenvalue weighted by molar-refractivity contribution is -0.385. The van der Waals surface area contributed by atoms with Crippen LogP contribution in [0.1, 0.15) is 50.5 Å². The third kappa shape index (κ3) is 3.88. The molecule has 3 heterocycles. The Labute approximate surface area is 189 Å². The quantitative estimate of drug-likeness (QED) is 0.375. The number of carbonyl (C=O) groups excluding carboxylic acids is 2. The molecule has 4 aliphatic rings. The number of esters is 1. The molecular weight excluding hydrogens is 432 g/mol. The summed E-state index contributed by atoms with van der Waals surface area (Å²) in [6.45, 7) is 2.37. The van der Waals surface area contributed by atoms with Crippen molar-refractivity contribution in [3.8, 4) is 11.5 Å². The Morgan fingerprint density at radius 3 is 2.76 bits per heavy atom. The summed E-state index contributed by atoms with van der Waals surface area (Å²) in [7, 11) is 0. The molecule has 0 aromatic heterocycles. The minimum absolute atomic E-state index is 0.0547. The zero-order valence-electron chi connectivity index (χ0n) is 18.2. The van der Waals surface area contributed by atoms with Crippen LogP contribution in [0.4, 0.5) is 5.69 Å². The molecule has 10 heteroatoms. The van der Waals surface area contributed by atoms with Gasteiger partial charge in [-0.25, -0.2) is 0 Å². The Hall–Kier alpha value is -3.27. The molecule has 0 radical (unpaired) electrons. The van der Waals surface area contributed by atoms with Crippen LogP contribution in [-0.2, 0) is 19.1 Å². The number of Topliss-reactive ketones (excluding diaryl/α,β-unsaturated/α-hetero) is 1. The van der Waals surface area contributed by atoms with Crippen LogP contribution < -0.4 is 9.47 Å². The summed E-state index contributed by atoms with van der Waals surface area (Å²) in [6, 6.07) is 2.80. The van der Waals surface area contributed by atoms with Crippen molar-refractivity contribution in [2.45, 2.75) is 51.0 Å². The van der Waals surface area contributed by atoms with E-state index in [4.69, 9.17) is 18.9 Å². The summed E-state index contributed by atoms with van der Waals surface area (Å²) in [5, 5.41) is 12.0. The topological polar surface area (TPSA) is 127 Å². The van der Waals surface area contributed by atoms with Gasteiger partial charge in [-0.2, -0.15) is 0 Å². The van der Waals surface area contributed by atoms with E-state index < -0.39 is 22.7 Å². The fourth-order valence-corrected chi connectivity index (χ4v) is 5.04. The predicted octanol–water partition coefficient (Wildman–Crippen LogP) is 3.23. The van der Waals surface area contributed by atoms with Crippen LogP contribution in [0.25, 0.3) is 0 Å². The number of hydrogen-bond donors (Lipinski definition) is 0. The number of nitrogens with zero attached hydrogens (tertiary/aromatic N) is 2. The van der Waals surface area contributed by atoms with Gasteiger partial charge in [0, 0.05) is 41.5 Å². The molecule has 1 aromatic rings. The van der Waals surface area contributed by atoms with Gasteiger partial charge in [0.25, 0.3) is 5.69 Å². The molecule has 0 spiro atoms. The highest BCUT2D eigenvalue weighted by Crippen LogP contribution is 2.49. The molecule has 1 saturated heterocycles. The van der Waals surface area contributed by atoms with E-state index in [9.17, 15) is 19.7 Å². The number of fused-ring (bicyclic) bond motifs is 1. The largest absolute Gasteiger partial charge is 0.462 e. The third-order valence-electron chi connectivity index (χ3n) is 6.58. The van der Waals surface area contributed by atoms with Gasteiger partial charge in [-0.15, -0.1) is 0 Å². The minimum Gasteiger partial charge on any atom is -0.462 e. The average Bonchev–Trinajstić information content (AvgIpc) is 3.47. The standard InChI is InChI=1S/C23H24N2O8/c1-12-20(23(27)31-10-13-4-3-7-30-13)21(22-15(24-12)5-2-6-17(22)26)14-8-18-19(33-11-32-18)9-16(14)25(28)29/h8-9,13,20-21H,2-7,10-11H2,1H3/t13-,20?,21+/m1/s1. The molecule has 0 bridgehead atoms. The van der Waals surface area contributed by atoms with Crippen LogP contribution in [0.2, 0.25) is 0 Å². The number of hydrogen-bond acceptors (Lipinski definition) is 9. The lowest BCUT2D eigenvalue weighted by atomic mass is 9.71. The Balaban J connectivity index is 1.59. The van der Waals surface area contributed by atoms with Crippen molar-refractivity contribution in [3.63, 3.8) is 0 Å². The third-order valence-corrected chi connectivity index (χ3v) is 6.58. The molecule has 0 saturated carbocycles. The highest BCUT2D eigenvalue weighted by molar-refractivity contribution is 6.09. The number of nitro groups is 1. The van der Waals surface area contributed by atoms with Gasteiger partial charge in [-0.05, 0) is 38.7 Å². The molecule has 5 rings (SSSR count). The molecule has 174 valence electrons. The molecule has 1 aliphatic carbocycles. The van der Waals surface area contributed by atoms with Crippen molar-refractivity contribution in [3.05, 3.63) is 39.1 Å². The maximum atomic E-state index is 13.3. The van der Waals surface area contributed by atoms with Gasteiger partial charge in [0.2, 0.25) is 6.79 Å². The summed E-state index contributed by atoms with van der Waals surface area (Å²) in [5.74, 6) is -1.99. The van der Waals surface area contributed by atoms with Gasteiger partial charge >= 0.3 is 5.97 Å². The van der Waals surface area contributed by atoms with Gasteiger partial charge < -0.3 is 18.9 Å². The summed E-state index contributed by atoms with van der Waals surface area (Å²) < 4.78 is 21.9. The van der Waals surface area contributed by atoms with Crippen molar-refractivity contribution < 1.29 is 33.5 Å². The molecular formula is C23H24N2O8. The van der Waals surface area contributed by atoms with Gasteiger partial charge in [-0.1, -0.05) is 0 Å². The molecule has 1 unspecified atom stereocenters. The van der Waals surface area contributed by atoms with Crippen LogP contribution in [0.3, 0.4) is 0 Å². The van der Waals surface area contributed by atoms with E-state index in [-0.39, 0.29) is 42.3 Å². The van der Waals surface area contributed by atoms with E-state index in [2.05, 4.69) is 4.99 Å². The average molecular weight is 456 g/mol. The highest BCUT2D eigenvalue weighted by atomic mass is 16.7. The molecule has 0 amide bonds. The zero-order chi connectivity index (χ0) is 23.1. The molecule has 1 fully saturated rings. The first-order valence-electron chi connectivity index (χ1n) is 11.1. The van der Waals surface area contributed by atoms with Crippen molar-refractivity contribution in [2.75, 3.05) is 20.0 Å². The normalized spacial score (nSPS) is 26.2. The lowest BCUT2D eigenvalue weighted by Gasteiger charge is -2.34. The first kappa shape index (κ1) is 21.6. The van der Waals surface area contributed by atoms with E-state index in [0.717, 1.165) is 12.8 Å². The Morgan fingerprint density at radius 1 is 1.24 bits per heavy atom. The second-order valence-electron chi connectivity index (χ2n) is 8.63. The molecule has 0 N–H and O–H groups in total. The van der Waals surface area contributed by atoms with Gasteiger partial charge in [-0.3, -0.25) is 24.7 Å². The van der Waals surface area contributed by atoms with E-state index in [1.54, 1.807) is 6.92 Å². The number of ketones is 1. The van der Waals surface area contributed by atoms with Crippen LogP contribution in [-0.4, -0.2) is 48.5 Å². The predicted molar refractivity (Wildman–Crippen MR) is 114 cm³/mol. The maximum Gasteiger partial charge on any atom is 0.315 e. The molecule has 1 aromatic carbocycles. The number of carbonyl (C=O) groups is 2. The Morgan fingerprint density at radius 2 is 2.03 bits per heavy atom. The number of nitro benzene ring substituents is 1. The number of ether oxygens (including phenoxy) is 4.